The molecular weight excluding hydrogens is 438 g/mol. The van der Waals surface area contributed by atoms with Gasteiger partial charge in [-0.1, -0.05) is 25.5 Å². The lowest BCUT2D eigenvalue weighted by molar-refractivity contribution is 0.309. The predicted octanol–water partition coefficient (Wildman–Crippen LogP) is 5.30. The van der Waals surface area contributed by atoms with Crippen molar-refractivity contribution in [3.8, 4) is 22.8 Å². The van der Waals surface area contributed by atoms with Crippen LogP contribution in [0, 0.1) is 0 Å². The number of hydrogen-bond donors (Lipinski definition) is 0. The zero-order valence-electron chi connectivity index (χ0n) is 20.6. The molecule has 4 aromatic rings. The van der Waals surface area contributed by atoms with Gasteiger partial charge in [-0.15, -0.1) is 0 Å². The maximum Gasteiger partial charge on any atom is 0.154 e. The molecule has 0 aliphatic carbocycles. The first-order valence-electron chi connectivity index (χ1n) is 12.6. The molecule has 7 nitrogen and oxygen atoms in total. The van der Waals surface area contributed by atoms with Crippen LogP contribution < -0.4 is 19.3 Å². The second kappa shape index (κ2) is 10.7. The fourth-order valence-corrected chi connectivity index (χ4v) is 4.50. The average molecular weight is 472 g/mol. The number of piperazine rings is 1. The molecule has 0 amide bonds. The Morgan fingerprint density at radius 1 is 0.886 bits per heavy atom. The molecule has 0 radical (unpaired) electrons. The summed E-state index contributed by atoms with van der Waals surface area (Å²) in [5.41, 5.74) is 4.19. The molecule has 3 heterocycles. The summed E-state index contributed by atoms with van der Waals surface area (Å²) < 4.78 is 13.6. The molecule has 0 saturated carbocycles. The van der Waals surface area contributed by atoms with Crippen LogP contribution in [0.25, 0.3) is 16.8 Å². The molecule has 0 spiro atoms. The van der Waals surface area contributed by atoms with E-state index < -0.39 is 0 Å². The van der Waals surface area contributed by atoms with Gasteiger partial charge in [-0.2, -0.15) is 5.10 Å². The summed E-state index contributed by atoms with van der Waals surface area (Å²) in [5, 5.41) is 4.82. The van der Waals surface area contributed by atoms with Crippen LogP contribution in [0.3, 0.4) is 0 Å². The third-order valence-electron chi connectivity index (χ3n) is 6.37. The van der Waals surface area contributed by atoms with Crippen molar-refractivity contribution in [2.45, 2.75) is 26.7 Å². The number of para-hydroxylation sites is 2. The molecule has 0 unspecified atom stereocenters. The standard InChI is InChI=1S/C28H33N5O2/c1-3-5-20-35-23-12-10-22(11-13-23)24-21-26-28(29-14-15-33(26)30-24)32-18-16-31(17-19-32)25-8-6-7-9-27(25)34-4-2/h6-15,21H,3-5,16-20H2,1-2H3. The van der Waals surface area contributed by atoms with E-state index in [-0.39, 0.29) is 0 Å². The molecule has 1 aliphatic rings. The van der Waals surface area contributed by atoms with E-state index in [9.17, 15) is 0 Å². The highest BCUT2D eigenvalue weighted by Crippen LogP contribution is 2.31. The van der Waals surface area contributed by atoms with E-state index >= 15 is 0 Å². The first kappa shape index (κ1) is 23.0. The number of anilines is 2. The van der Waals surface area contributed by atoms with Crippen LogP contribution in [0.15, 0.2) is 67.0 Å². The van der Waals surface area contributed by atoms with Gasteiger partial charge in [0.25, 0.3) is 0 Å². The van der Waals surface area contributed by atoms with Crippen LogP contribution >= 0.6 is 0 Å². The molecular formula is C28H33N5O2. The molecule has 0 atom stereocenters. The highest BCUT2D eigenvalue weighted by atomic mass is 16.5. The number of fused-ring (bicyclic) bond motifs is 1. The zero-order chi connectivity index (χ0) is 24.0. The maximum absolute atomic E-state index is 5.85. The summed E-state index contributed by atoms with van der Waals surface area (Å²) >= 11 is 0. The Balaban J connectivity index is 1.31. The minimum absolute atomic E-state index is 0.668. The summed E-state index contributed by atoms with van der Waals surface area (Å²) in [7, 11) is 0. The van der Waals surface area contributed by atoms with Gasteiger partial charge >= 0.3 is 0 Å². The van der Waals surface area contributed by atoms with Crippen LogP contribution in [0.1, 0.15) is 26.7 Å². The van der Waals surface area contributed by atoms with E-state index in [2.05, 4.69) is 47.1 Å². The summed E-state index contributed by atoms with van der Waals surface area (Å²) in [5.74, 6) is 2.83. The smallest absolute Gasteiger partial charge is 0.154 e. The van der Waals surface area contributed by atoms with Crippen molar-refractivity contribution >= 4 is 17.0 Å². The fourth-order valence-electron chi connectivity index (χ4n) is 4.50. The molecule has 5 rings (SSSR count). The summed E-state index contributed by atoms with van der Waals surface area (Å²) in [6, 6.07) is 18.6. The lowest BCUT2D eigenvalue weighted by Crippen LogP contribution is -2.47. The second-order valence-electron chi connectivity index (χ2n) is 8.71. The first-order valence-corrected chi connectivity index (χ1v) is 12.6. The Hall–Kier alpha value is -3.74. The summed E-state index contributed by atoms with van der Waals surface area (Å²) in [4.78, 5) is 9.49. The van der Waals surface area contributed by atoms with Gasteiger partial charge in [-0.05, 0) is 55.8 Å². The lowest BCUT2D eigenvalue weighted by Gasteiger charge is -2.37. The zero-order valence-corrected chi connectivity index (χ0v) is 20.6. The topological polar surface area (TPSA) is 55.1 Å². The van der Waals surface area contributed by atoms with Crippen molar-refractivity contribution in [3.05, 3.63) is 67.0 Å². The minimum atomic E-state index is 0.668. The van der Waals surface area contributed by atoms with E-state index in [0.717, 1.165) is 85.4 Å². The minimum Gasteiger partial charge on any atom is -0.494 e. The van der Waals surface area contributed by atoms with Crippen molar-refractivity contribution < 1.29 is 9.47 Å². The van der Waals surface area contributed by atoms with Crippen molar-refractivity contribution in [3.63, 3.8) is 0 Å². The van der Waals surface area contributed by atoms with Gasteiger partial charge in [0.05, 0.1) is 24.6 Å². The maximum atomic E-state index is 5.85. The van der Waals surface area contributed by atoms with E-state index in [1.165, 1.54) is 0 Å². The van der Waals surface area contributed by atoms with Crippen LogP contribution in [0.5, 0.6) is 11.5 Å². The highest BCUT2D eigenvalue weighted by molar-refractivity contribution is 5.75. The summed E-state index contributed by atoms with van der Waals surface area (Å²) in [6.07, 6.45) is 5.95. The van der Waals surface area contributed by atoms with Gasteiger partial charge < -0.3 is 19.3 Å². The highest BCUT2D eigenvalue weighted by Gasteiger charge is 2.22. The van der Waals surface area contributed by atoms with Gasteiger partial charge in [0.2, 0.25) is 0 Å². The number of aromatic nitrogens is 3. The normalized spacial score (nSPS) is 13.9. The Morgan fingerprint density at radius 2 is 1.66 bits per heavy atom. The number of nitrogens with zero attached hydrogens (tertiary/aromatic N) is 5. The first-order chi connectivity index (χ1) is 17.3. The largest absolute Gasteiger partial charge is 0.494 e. The van der Waals surface area contributed by atoms with E-state index in [1.54, 1.807) is 0 Å². The van der Waals surface area contributed by atoms with Crippen LogP contribution in [0.4, 0.5) is 11.5 Å². The van der Waals surface area contributed by atoms with Crippen molar-refractivity contribution in [1.29, 1.82) is 0 Å². The third kappa shape index (κ3) is 5.04. The molecule has 182 valence electrons. The second-order valence-corrected chi connectivity index (χ2v) is 8.71. The monoisotopic (exact) mass is 471 g/mol. The molecule has 1 fully saturated rings. The Morgan fingerprint density at radius 3 is 2.43 bits per heavy atom. The van der Waals surface area contributed by atoms with Gasteiger partial charge in [-0.3, -0.25) is 0 Å². The molecule has 7 heteroatoms. The Bertz CT molecular complexity index is 1250. The number of hydrogen-bond acceptors (Lipinski definition) is 6. The van der Waals surface area contributed by atoms with E-state index in [1.807, 2.05) is 48.1 Å². The Kier molecular flexibility index (Phi) is 7.02. The van der Waals surface area contributed by atoms with Gasteiger partial charge in [0, 0.05) is 44.1 Å². The predicted molar refractivity (Wildman–Crippen MR) is 141 cm³/mol. The molecule has 2 aromatic carbocycles. The van der Waals surface area contributed by atoms with E-state index in [4.69, 9.17) is 19.6 Å². The number of unbranched alkanes of at least 4 members (excludes halogenated alkanes) is 1. The lowest BCUT2D eigenvalue weighted by atomic mass is 10.1. The van der Waals surface area contributed by atoms with Gasteiger partial charge in [0.15, 0.2) is 5.82 Å². The van der Waals surface area contributed by atoms with Gasteiger partial charge in [-0.25, -0.2) is 9.50 Å². The van der Waals surface area contributed by atoms with Crippen LogP contribution in [-0.2, 0) is 0 Å². The molecule has 0 bridgehead atoms. The SMILES string of the molecule is CCCCOc1ccc(-c2cc3c(N4CCN(c5ccccc5OCC)CC4)nccn3n2)cc1. The van der Waals surface area contributed by atoms with Gasteiger partial charge in [0.1, 0.15) is 17.0 Å². The molecule has 0 N–H and O–H groups in total. The average Bonchev–Trinajstić information content (AvgIpc) is 3.35. The summed E-state index contributed by atoms with van der Waals surface area (Å²) in [6.45, 7) is 9.21. The molecule has 35 heavy (non-hydrogen) atoms. The van der Waals surface area contributed by atoms with E-state index in [0.29, 0.717) is 6.61 Å². The number of ether oxygens (including phenoxy) is 2. The Labute approximate surface area is 206 Å². The third-order valence-corrected chi connectivity index (χ3v) is 6.37. The van der Waals surface area contributed by atoms with Crippen LogP contribution in [-0.4, -0.2) is 54.0 Å². The number of rotatable bonds is 9. The molecule has 2 aromatic heterocycles. The fraction of sp³-hybridized carbons (Fsp3) is 0.357. The van der Waals surface area contributed by atoms with Crippen molar-refractivity contribution in [1.82, 2.24) is 14.6 Å². The van der Waals surface area contributed by atoms with Crippen molar-refractivity contribution in [2.24, 2.45) is 0 Å². The van der Waals surface area contributed by atoms with Crippen LogP contribution in [0.2, 0.25) is 0 Å². The molecule has 1 aliphatic heterocycles. The van der Waals surface area contributed by atoms with Crippen molar-refractivity contribution in [2.75, 3.05) is 49.2 Å². The number of benzene rings is 2. The molecule has 1 saturated heterocycles. The quantitative estimate of drug-likeness (QED) is 0.309.